The van der Waals surface area contributed by atoms with Gasteiger partial charge in [0.25, 0.3) is 0 Å². The van der Waals surface area contributed by atoms with Gasteiger partial charge in [0, 0.05) is 49.2 Å². The van der Waals surface area contributed by atoms with E-state index in [-0.39, 0.29) is 44.1 Å². The Morgan fingerprint density at radius 2 is 1.26 bits per heavy atom. The van der Waals surface area contributed by atoms with Crippen molar-refractivity contribution < 1.29 is 38.7 Å². The number of pyridine rings is 1. The second-order valence-corrected chi connectivity index (χ2v) is 21.5. The molecule has 0 aliphatic rings. The van der Waals surface area contributed by atoms with Crippen LogP contribution in [0, 0.1) is 37.3 Å². The number of fused-ring (bicyclic) bond motifs is 1. The second-order valence-electron chi connectivity index (χ2n) is 10.4. The minimum Gasteiger partial charge on any atom is -0.672 e. The molecule has 1 aromatic heterocycles. The molecule has 0 radical (unpaired) electrons. The molecule has 8 heteroatoms. The summed E-state index contributed by atoms with van der Waals surface area (Å²) in [5.41, 5.74) is 2.66. The zero-order valence-corrected chi connectivity index (χ0v) is 29.4. The van der Waals surface area contributed by atoms with Crippen LogP contribution >= 0.6 is 0 Å². The van der Waals surface area contributed by atoms with Crippen molar-refractivity contribution in [3.8, 4) is 0 Å². The number of aromatic nitrogens is 1. The molecule has 0 atom stereocenters. The van der Waals surface area contributed by atoms with E-state index < -0.39 is 35.8 Å². The predicted molar refractivity (Wildman–Crippen MR) is 164 cm³/mol. The molecule has 0 saturated carbocycles. The first-order valence-corrected chi connectivity index (χ1v) is 23.7. The fourth-order valence-corrected chi connectivity index (χ4v) is 13.5. The summed E-state index contributed by atoms with van der Waals surface area (Å²) in [6, 6.07) is 19.2. The van der Waals surface area contributed by atoms with E-state index in [1.54, 1.807) is 0 Å². The van der Waals surface area contributed by atoms with E-state index in [4.69, 9.17) is 0 Å². The van der Waals surface area contributed by atoms with E-state index in [0.29, 0.717) is 0 Å². The Hall–Kier alpha value is 0.0143. The smallest absolute Gasteiger partial charge is 0.672 e. The first kappa shape index (κ1) is 34.0. The first-order chi connectivity index (χ1) is 15.4. The van der Waals surface area contributed by atoms with Crippen molar-refractivity contribution in [3.63, 3.8) is 0 Å². The van der Waals surface area contributed by atoms with Crippen LogP contribution in [0.3, 0.4) is 0 Å². The molecule has 0 unspecified atom stereocenters. The molecular weight excluding hydrogens is 634 g/mol. The standard InChI is InChI=1S/C18H18N.2C4H14NSi2.Er/c1-18(2,13-15-8-5-6-12-19-15)17-11-10-14-7-3-4-9-16(14)17;2*1-6(2)5-7(3)4;/h3-12H,13H2,1-2H3;2*6-7H,1-4H3;/q3*-1;/p+1. The fraction of sp³-hybridized carbons (Fsp3) is 0.462. The molecule has 2 aromatic carbocycles. The summed E-state index contributed by atoms with van der Waals surface area (Å²) in [5, 5.41) is 2.69. The van der Waals surface area contributed by atoms with Crippen molar-refractivity contribution in [1.82, 2.24) is 4.98 Å². The maximum absolute atomic E-state index is 4.56. The number of nitrogens with zero attached hydrogens (tertiary/aromatic N) is 3. The van der Waals surface area contributed by atoms with Crippen LogP contribution in [0.25, 0.3) is 20.1 Å². The maximum atomic E-state index is 4.56. The average Bonchev–Trinajstić information content (AvgIpc) is 3.12. The van der Waals surface area contributed by atoms with Crippen molar-refractivity contribution in [1.29, 1.82) is 0 Å². The Balaban J connectivity index is 0. The van der Waals surface area contributed by atoms with E-state index in [0.717, 1.165) is 12.1 Å². The predicted octanol–water partition coefficient (Wildman–Crippen LogP) is 7.24. The summed E-state index contributed by atoms with van der Waals surface area (Å²) in [4.78, 5) is 4.45. The molecule has 0 saturated heterocycles. The number of hydrogen-bond acceptors (Lipinski definition) is 1. The van der Waals surface area contributed by atoms with Crippen LogP contribution in [0.15, 0.2) is 60.8 Å². The van der Waals surface area contributed by atoms with Crippen molar-refractivity contribution >= 4 is 46.6 Å². The van der Waals surface area contributed by atoms with Crippen molar-refractivity contribution in [2.24, 2.45) is 0 Å². The van der Waals surface area contributed by atoms with Gasteiger partial charge in [0.2, 0.25) is 0 Å². The minimum absolute atomic E-state index is 0. The first-order valence-electron chi connectivity index (χ1n) is 12.4. The number of hydrogen-bond donors (Lipinski definition) is 0. The number of rotatable bonds is 7. The molecule has 3 nitrogen and oxygen atoms in total. The molecule has 0 amide bonds. The van der Waals surface area contributed by atoms with Gasteiger partial charge in [-0.2, -0.15) is 6.07 Å². The Morgan fingerprint density at radius 1 is 0.765 bits per heavy atom. The van der Waals surface area contributed by atoms with Gasteiger partial charge in [-0.25, -0.2) is 0 Å². The van der Waals surface area contributed by atoms with Gasteiger partial charge in [-0.15, -0.1) is 40.6 Å². The summed E-state index contributed by atoms with van der Waals surface area (Å²) >= 11 is 0. The molecule has 0 N–H and O–H groups in total. The SMILES string of the molecule is CC(C)(Cc1ccccn1)[c-]1ccc2ccccc21.C[SiH](C)[N-][SiH](C)C.C[SiH](C)[N-][SiH](C)C.[Er].[H+]. The van der Waals surface area contributed by atoms with Crippen molar-refractivity contribution in [2.45, 2.75) is 78.1 Å². The van der Waals surface area contributed by atoms with E-state index in [2.05, 4.69) is 129 Å². The summed E-state index contributed by atoms with van der Waals surface area (Å²) in [6.45, 7) is 22.8. The van der Waals surface area contributed by atoms with Gasteiger partial charge in [0.15, 0.2) is 0 Å². The van der Waals surface area contributed by atoms with Gasteiger partial charge in [-0.1, -0.05) is 114 Å². The van der Waals surface area contributed by atoms with Crippen molar-refractivity contribution in [3.05, 3.63) is 81.3 Å². The number of benzene rings is 1. The van der Waals surface area contributed by atoms with Gasteiger partial charge in [0.1, 0.15) is 0 Å². The molecule has 196 valence electrons. The van der Waals surface area contributed by atoms with E-state index >= 15 is 0 Å². The van der Waals surface area contributed by atoms with E-state index in [1.165, 1.54) is 16.3 Å². The van der Waals surface area contributed by atoms with Crippen LogP contribution in [-0.2, 0) is 11.8 Å². The maximum Gasteiger partial charge on any atom is 1.00 e. The molecule has 0 spiro atoms. The van der Waals surface area contributed by atoms with Crippen LogP contribution in [0.5, 0.6) is 0 Å². The topological polar surface area (TPSA) is 41.1 Å². The summed E-state index contributed by atoms with van der Waals surface area (Å²) in [7, 11) is -2.17. The van der Waals surface area contributed by atoms with Crippen LogP contribution in [0.2, 0.25) is 52.4 Å². The molecule has 34 heavy (non-hydrogen) atoms. The van der Waals surface area contributed by atoms with Gasteiger partial charge < -0.3 is 9.30 Å². The Bertz CT molecular complexity index is 893. The third-order valence-corrected chi connectivity index (χ3v) is 14.5. The Morgan fingerprint density at radius 3 is 1.71 bits per heavy atom. The molecule has 3 aromatic rings. The summed E-state index contributed by atoms with van der Waals surface area (Å²) in [5.74, 6) is 0. The molecule has 1 heterocycles. The molecule has 0 aliphatic heterocycles. The van der Waals surface area contributed by atoms with Gasteiger partial charge >= 0.3 is 1.43 Å². The monoisotopic (exact) mass is 679 g/mol. The van der Waals surface area contributed by atoms with Gasteiger partial charge in [-0.05, 0) is 24.0 Å². The normalized spacial score (nSPS) is 11.2. The molecule has 0 aliphatic carbocycles. The van der Waals surface area contributed by atoms with Crippen LogP contribution in [0.4, 0.5) is 0 Å². The zero-order chi connectivity index (χ0) is 25.0. The molecule has 0 bridgehead atoms. The van der Waals surface area contributed by atoms with Crippen LogP contribution in [0.1, 0.15) is 26.5 Å². The summed E-state index contributed by atoms with van der Waals surface area (Å²) < 4.78 is 9.11. The molecular formula is C26H47ErN3Si4-2. The Labute approximate surface area is 247 Å². The fourth-order valence-electron chi connectivity index (χ4n) is 3.98. The molecule has 3 rings (SSSR count). The quantitative estimate of drug-likeness (QED) is 0.192. The van der Waals surface area contributed by atoms with E-state index in [1.807, 2.05) is 12.3 Å². The second kappa shape index (κ2) is 17.5. The van der Waals surface area contributed by atoms with Gasteiger partial charge in [0.05, 0.1) is 0 Å². The third-order valence-electron chi connectivity index (χ3n) is 4.95. The van der Waals surface area contributed by atoms with Crippen molar-refractivity contribution in [2.75, 3.05) is 0 Å². The molecule has 0 fully saturated rings. The van der Waals surface area contributed by atoms with Crippen LogP contribution in [-0.4, -0.2) is 40.8 Å². The van der Waals surface area contributed by atoms with Gasteiger partial charge in [-0.3, -0.25) is 4.98 Å². The van der Waals surface area contributed by atoms with Crippen LogP contribution < -0.4 is 0 Å². The largest absolute Gasteiger partial charge is 1.00 e. The summed E-state index contributed by atoms with van der Waals surface area (Å²) in [6.07, 6.45) is 2.83. The minimum atomic E-state index is -0.542. The van der Waals surface area contributed by atoms with E-state index in [9.17, 15) is 0 Å². The zero-order valence-electron chi connectivity index (χ0n) is 23.9. The third kappa shape index (κ3) is 13.9. The average molecular weight is 681 g/mol. The Kier molecular flexibility index (Phi) is 17.5.